The number of hydrogen-bond donors (Lipinski definition) is 1. The van der Waals surface area contributed by atoms with Crippen molar-refractivity contribution in [3.8, 4) is 0 Å². The van der Waals surface area contributed by atoms with Crippen LogP contribution in [0.3, 0.4) is 0 Å². The first-order chi connectivity index (χ1) is 15.0. The van der Waals surface area contributed by atoms with E-state index in [-0.39, 0.29) is 22.3 Å². The van der Waals surface area contributed by atoms with Crippen LogP contribution in [0.15, 0.2) is 47.6 Å². The van der Waals surface area contributed by atoms with Gasteiger partial charge in [-0.05, 0) is 67.5 Å². The van der Waals surface area contributed by atoms with Gasteiger partial charge in [0.25, 0.3) is 0 Å². The third-order valence-corrected chi connectivity index (χ3v) is 8.31. The maximum absolute atomic E-state index is 13.6. The number of halogens is 1. The number of carbonyl (C=O) groups is 2. The van der Waals surface area contributed by atoms with Crippen molar-refractivity contribution in [2.75, 3.05) is 5.32 Å². The summed E-state index contributed by atoms with van der Waals surface area (Å²) >= 11 is 6.11. The summed E-state index contributed by atoms with van der Waals surface area (Å²) in [5, 5.41) is 7.76. The number of hydrogen-bond acceptors (Lipinski definition) is 4. The molecule has 0 saturated heterocycles. The maximum atomic E-state index is 13.6. The van der Waals surface area contributed by atoms with E-state index in [1.807, 2.05) is 26.0 Å². The molecular formula is C26H29ClN2O3. The molecule has 2 atom stereocenters. The minimum absolute atomic E-state index is 0.00106. The van der Waals surface area contributed by atoms with Gasteiger partial charge in [0.1, 0.15) is 0 Å². The van der Waals surface area contributed by atoms with Crippen LogP contribution in [-0.4, -0.2) is 17.6 Å². The van der Waals surface area contributed by atoms with Gasteiger partial charge in [0, 0.05) is 17.5 Å². The molecule has 5 nitrogen and oxygen atoms in total. The largest absolute Gasteiger partial charge is 0.367 e. The second kappa shape index (κ2) is 7.73. The molecule has 2 unspecified atom stereocenters. The topological polar surface area (TPSA) is 67.8 Å². The second-order valence-electron chi connectivity index (χ2n) is 9.94. The summed E-state index contributed by atoms with van der Waals surface area (Å²) in [6.45, 7) is 10.4. The van der Waals surface area contributed by atoms with E-state index in [1.165, 1.54) is 0 Å². The fourth-order valence-corrected chi connectivity index (χ4v) is 5.81. The van der Waals surface area contributed by atoms with E-state index in [1.54, 1.807) is 24.3 Å². The average molecular weight is 453 g/mol. The number of fused-ring (bicyclic) bond motifs is 2. The van der Waals surface area contributed by atoms with Crippen LogP contribution in [0.4, 0.5) is 5.69 Å². The predicted octanol–water partition coefficient (Wildman–Crippen LogP) is 6.32. The number of oxime groups is 1. The van der Waals surface area contributed by atoms with Crippen LogP contribution in [0.1, 0.15) is 61.5 Å². The quantitative estimate of drug-likeness (QED) is 0.435. The molecule has 2 fully saturated rings. The summed E-state index contributed by atoms with van der Waals surface area (Å²) in [4.78, 5) is 31.5. The lowest BCUT2D eigenvalue weighted by atomic mass is 9.64. The maximum Gasteiger partial charge on any atom is 0.367 e. The molecule has 2 aromatic rings. The molecule has 2 aromatic carbocycles. The third kappa shape index (κ3) is 3.34. The van der Waals surface area contributed by atoms with Gasteiger partial charge in [0.2, 0.25) is 5.91 Å². The Morgan fingerprint density at radius 3 is 2.34 bits per heavy atom. The Morgan fingerprint density at radius 1 is 1.03 bits per heavy atom. The Bertz CT molecular complexity index is 1120. The summed E-state index contributed by atoms with van der Waals surface area (Å²) in [6.07, 6.45) is 2.04. The molecular weight excluding hydrogens is 424 g/mol. The highest BCUT2D eigenvalue weighted by atomic mass is 35.5. The van der Waals surface area contributed by atoms with Gasteiger partial charge in [0.05, 0.1) is 21.7 Å². The van der Waals surface area contributed by atoms with Gasteiger partial charge in [-0.3, -0.25) is 4.79 Å². The molecule has 0 spiro atoms. The van der Waals surface area contributed by atoms with Crippen LogP contribution in [0, 0.1) is 30.1 Å². The molecule has 1 amide bonds. The first-order valence-corrected chi connectivity index (χ1v) is 11.3. The van der Waals surface area contributed by atoms with Crippen LogP contribution >= 0.6 is 11.6 Å². The second-order valence-corrected chi connectivity index (χ2v) is 10.4. The fourth-order valence-electron chi connectivity index (χ4n) is 5.59. The highest BCUT2D eigenvalue weighted by molar-refractivity contribution is 6.33. The smallest absolute Gasteiger partial charge is 0.326 e. The first-order valence-electron chi connectivity index (χ1n) is 10.9. The SMILES string of the molecule is Cc1cc(C)cc(NC(=O)C23CCC(C)(C(=NOC(=O)c4ccccc4Cl)C2)C3(C)C)c1. The van der Waals surface area contributed by atoms with Crippen molar-refractivity contribution < 1.29 is 14.4 Å². The van der Waals surface area contributed by atoms with Gasteiger partial charge in [-0.1, -0.05) is 55.7 Å². The highest BCUT2D eigenvalue weighted by Crippen LogP contribution is 2.71. The Morgan fingerprint density at radius 2 is 1.69 bits per heavy atom. The van der Waals surface area contributed by atoms with Crippen molar-refractivity contribution in [2.24, 2.45) is 21.4 Å². The minimum Gasteiger partial charge on any atom is -0.326 e. The Labute approximate surface area is 194 Å². The standard InChI is InChI=1S/C26H29ClN2O3/c1-16-12-17(2)14-18(13-16)28-23(31)26-11-10-25(5,24(26,3)4)21(15-26)29-32-22(30)19-8-6-7-9-20(19)27/h6-9,12-14H,10-11,15H2,1-5H3,(H,28,31). The zero-order valence-corrected chi connectivity index (χ0v) is 20.0. The number of aryl methyl sites for hydroxylation is 2. The molecule has 168 valence electrons. The van der Waals surface area contributed by atoms with E-state index in [9.17, 15) is 9.59 Å². The number of nitrogens with zero attached hydrogens (tertiary/aromatic N) is 1. The zero-order valence-electron chi connectivity index (χ0n) is 19.2. The van der Waals surface area contributed by atoms with Crippen molar-refractivity contribution in [3.05, 3.63) is 64.2 Å². The van der Waals surface area contributed by atoms with E-state index in [2.05, 4.69) is 37.3 Å². The van der Waals surface area contributed by atoms with Crippen LogP contribution in [0.5, 0.6) is 0 Å². The number of rotatable bonds is 4. The first kappa shape index (κ1) is 22.5. The van der Waals surface area contributed by atoms with Crippen molar-refractivity contribution in [1.82, 2.24) is 0 Å². The summed E-state index contributed by atoms with van der Waals surface area (Å²) in [6, 6.07) is 12.8. The van der Waals surface area contributed by atoms with Crippen molar-refractivity contribution in [3.63, 3.8) is 0 Å². The summed E-state index contributed by atoms with van der Waals surface area (Å²) in [5.74, 6) is -0.597. The Kier molecular flexibility index (Phi) is 5.44. The third-order valence-electron chi connectivity index (χ3n) is 7.98. The van der Waals surface area contributed by atoms with Crippen molar-refractivity contribution in [1.29, 1.82) is 0 Å². The van der Waals surface area contributed by atoms with E-state index in [0.717, 1.165) is 35.4 Å². The molecule has 32 heavy (non-hydrogen) atoms. The van der Waals surface area contributed by atoms with Gasteiger partial charge in [0.15, 0.2) is 0 Å². The predicted molar refractivity (Wildman–Crippen MR) is 127 cm³/mol. The average Bonchev–Trinajstić information content (AvgIpc) is 3.02. The van der Waals surface area contributed by atoms with Crippen LogP contribution in [-0.2, 0) is 9.63 Å². The number of benzene rings is 2. The minimum atomic E-state index is -0.616. The highest BCUT2D eigenvalue weighted by Gasteiger charge is 2.71. The molecule has 2 bridgehead atoms. The molecule has 0 radical (unpaired) electrons. The molecule has 4 rings (SSSR count). The fraction of sp³-hybridized carbons (Fsp3) is 0.423. The molecule has 2 saturated carbocycles. The van der Waals surface area contributed by atoms with Crippen LogP contribution in [0.25, 0.3) is 0 Å². The van der Waals surface area contributed by atoms with Gasteiger partial charge in [-0.25, -0.2) is 4.79 Å². The Balaban J connectivity index is 1.61. The molecule has 0 heterocycles. The van der Waals surface area contributed by atoms with E-state index >= 15 is 0 Å². The van der Waals surface area contributed by atoms with Gasteiger partial charge in [-0.2, -0.15) is 0 Å². The summed E-state index contributed by atoms with van der Waals surface area (Å²) < 4.78 is 0. The lowest BCUT2D eigenvalue weighted by Gasteiger charge is -2.39. The Hall–Kier alpha value is -2.66. The van der Waals surface area contributed by atoms with E-state index in [4.69, 9.17) is 16.4 Å². The number of nitrogens with one attached hydrogen (secondary N) is 1. The van der Waals surface area contributed by atoms with Crippen LogP contribution < -0.4 is 5.32 Å². The molecule has 1 N–H and O–H groups in total. The number of amides is 1. The van der Waals surface area contributed by atoms with Gasteiger partial charge < -0.3 is 10.2 Å². The molecule has 2 aliphatic carbocycles. The van der Waals surface area contributed by atoms with Gasteiger partial charge in [-0.15, -0.1) is 0 Å². The molecule has 0 aromatic heterocycles. The van der Waals surface area contributed by atoms with Crippen LogP contribution in [0.2, 0.25) is 5.02 Å². The monoisotopic (exact) mass is 452 g/mol. The number of anilines is 1. The van der Waals surface area contributed by atoms with Crippen molar-refractivity contribution in [2.45, 2.75) is 53.9 Å². The zero-order chi connectivity index (χ0) is 23.3. The van der Waals surface area contributed by atoms with E-state index in [0.29, 0.717) is 11.4 Å². The number of carbonyl (C=O) groups excluding carboxylic acids is 2. The molecule has 2 aliphatic rings. The van der Waals surface area contributed by atoms with Gasteiger partial charge >= 0.3 is 5.97 Å². The summed E-state index contributed by atoms with van der Waals surface area (Å²) in [7, 11) is 0. The summed E-state index contributed by atoms with van der Waals surface area (Å²) in [5.41, 5.74) is 2.74. The normalized spacial score (nSPS) is 26.9. The molecule has 0 aliphatic heterocycles. The lowest BCUT2D eigenvalue weighted by molar-refractivity contribution is -0.130. The molecule has 6 heteroatoms. The van der Waals surface area contributed by atoms with Crippen molar-refractivity contribution >= 4 is 34.9 Å². The lowest BCUT2D eigenvalue weighted by Crippen LogP contribution is -2.43. The van der Waals surface area contributed by atoms with E-state index < -0.39 is 11.4 Å².